The van der Waals surface area contributed by atoms with Crippen LogP contribution in [0.1, 0.15) is 11.9 Å². The highest BCUT2D eigenvalue weighted by atomic mass is 35.5. The third-order valence-electron chi connectivity index (χ3n) is 2.64. The van der Waals surface area contributed by atoms with Crippen molar-refractivity contribution < 1.29 is 13.9 Å². The number of rotatable bonds is 1. The molecule has 17 heavy (non-hydrogen) atoms. The van der Waals surface area contributed by atoms with Gasteiger partial charge in [-0.2, -0.15) is 0 Å². The maximum Gasteiger partial charge on any atom is 0.346 e. The highest BCUT2D eigenvalue weighted by Crippen LogP contribution is 2.31. The van der Waals surface area contributed by atoms with Gasteiger partial charge in [-0.05, 0) is 12.1 Å². The Kier molecular flexibility index (Phi) is 2.63. The van der Waals surface area contributed by atoms with Gasteiger partial charge in [0.15, 0.2) is 6.29 Å². The average Bonchev–Trinajstić information content (AvgIpc) is 2.83. The highest BCUT2D eigenvalue weighted by Gasteiger charge is 2.26. The van der Waals surface area contributed by atoms with Crippen molar-refractivity contribution in [3.8, 4) is 0 Å². The number of hydrogen-bond donors (Lipinski definition) is 0. The first-order valence-electron chi connectivity index (χ1n) is 5.22. The number of hydrogen-bond acceptors (Lipinski definition) is 4. The zero-order valence-electron chi connectivity index (χ0n) is 8.81. The van der Waals surface area contributed by atoms with Crippen LogP contribution in [0.25, 0.3) is 11.0 Å². The third kappa shape index (κ3) is 1.74. The summed E-state index contributed by atoms with van der Waals surface area (Å²) in [6.45, 7) is 0.903. The van der Waals surface area contributed by atoms with Crippen molar-refractivity contribution in [2.45, 2.75) is 6.29 Å². The molecule has 1 aliphatic rings. The lowest BCUT2D eigenvalue weighted by molar-refractivity contribution is -0.0460. The molecule has 88 valence electrons. The van der Waals surface area contributed by atoms with Crippen molar-refractivity contribution in [1.82, 2.24) is 0 Å². The van der Waals surface area contributed by atoms with E-state index in [0.717, 1.165) is 0 Å². The van der Waals surface area contributed by atoms with Crippen molar-refractivity contribution in [3.63, 3.8) is 0 Å². The first kappa shape index (κ1) is 10.8. The molecule has 1 aliphatic heterocycles. The van der Waals surface area contributed by atoms with E-state index in [4.69, 9.17) is 25.5 Å². The van der Waals surface area contributed by atoms with Gasteiger partial charge in [0.25, 0.3) is 0 Å². The molecular formula is C12H9ClO4. The monoisotopic (exact) mass is 252 g/mol. The smallest absolute Gasteiger partial charge is 0.346 e. The quantitative estimate of drug-likeness (QED) is 0.732. The molecule has 5 heteroatoms. The molecule has 0 bridgehead atoms. The van der Waals surface area contributed by atoms with E-state index in [-0.39, 0.29) is 5.56 Å². The van der Waals surface area contributed by atoms with Crippen LogP contribution in [-0.4, -0.2) is 13.2 Å². The van der Waals surface area contributed by atoms with E-state index in [9.17, 15) is 4.79 Å². The second-order valence-electron chi connectivity index (χ2n) is 3.69. The summed E-state index contributed by atoms with van der Waals surface area (Å²) in [4.78, 5) is 11.8. The van der Waals surface area contributed by atoms with Crippen LogP contribution in [0.5, 0.6) is 0 Å². The van der Waals surface area contributed by atoms with Gasteiger partial charge < -0.3 is 13.9 Å². The summed E-state index contributed by atoms with van der Waals surface area (Å²) < 4.78 is 15.8. The molecule has 0 spiro atoms. The topological polar surface area (TPSA) is 48.7 Å². The van der Waals surface area contributed by atoms with E-state index in [0.29, 0.717) is 29.2 Å². The summed E-state index contributed by atoms with van der Waals surface area (Å²) in [6.07, 6.45) is -0.719. The van der Waals surface area contributed by atoms with Crippen LogP contribution in [0.4, 0.5) is 0 Å². The maximum absolute atomic E-state index is 11.8. The Labute approximate surface area is 102 Å². The number of fused-ring (bicyclic) bond motifs is 1. The van der Waals surface area contributed by atoms with E-state index in [2.05, 4.69) is 0 Å². The minimum atomic E-state index is -0.719. The number of halogens is 1. The van der Waals surface area contributed by atoms with Crippen LogP contribution in [0.15, 0.2) is 33.5 Å². The number of para-hydroxylation sites is 1. The van der Waals surface area contributed by atoms with Crippen LogP contribution in [0, 0.1) is 0 Å². The molecule has 1 fully saturated rings. The van der Waals surface area contributed by atoms with Gasteiger partial charge in [0.1, 0.15) is 11.1 Å². The molecule has 0 radical (unpaired) electrons. The second-order valence-corrected chi connectivity index (χ2v) is 4.06. The van der Waals surface area contributed by atoms with Crippen LogP contribution in [0.3, 0.4) is 0 Å². The Morgan fingerprint density at radius 1 is 1.18 bits per heavy atom. The highest BCUT2D eigenvalue weighted by molar-refractivity contribution is 6.36. The molecule has 4 nitrogen and oxygen atoms in total. The Balaban J connectivity index is 2.27. The van der Waals surface area contributed by atoms with E-state index >= 15 is 0 Å². The molecule has 1 saturated heterocycles. The Bertz CT molecular complexity index is 613. The lowest BCUT2D eigenvalue weighted by Gasteiger charge is -2.10. The average molecular weight is 253 g/mol. The molecule has 0 atom stereocenters. The first-order valence-corrected chi connectivity index (χ1v) is 5.59. The Morgan fingerprint density at radius 3 is 2.65 bits per heavy atom. The lowest BCUT2D eigenvalue weighted by Crippen LogP contribution is -2.14. The summed E-state index contributed by atoms with van der Waals surface area (Å²) in [7, 11) is 0. The van der Waals surface area contributed by atoms with E-state index in [1.54, 1.807) is 18.2 Å². The normalized spacial score (nSPS) is 16.8. The molecule has 2 aromatic rings. The molecule has 2 heterocycles. The van der Waals surface area contributed by atoms with Crippen molar-refractivity contribution in [3.05, 3.63) is 45.3 Å². The van der Waals surface area contributed by atoms with Gasteiger partial charge in [0, 0.05) is 5.39 Å². The summed E-state index contributed by atoms with van der Waals surface area (Å²) in [5.74, 6) is 0. The van der Waals surface area contributed by atoms with E-state index in [1.165, 1.54) is 0 Å². The molecule has 1 aromatic heterocycles. The molecule has 0 saturated carbocycles. The molecular weight excluding hydrogens is 244 g/mol. The van der Waals surface area contributed by atoms with Crippen molar-refractivity contribution in [2.75, 3.05) is 13.2 Å². The van der Waals surface area contributed by atoms with Gasteiger partial charge in [-0.15, -0.1) is 0 Å². The maximum atomic E-state index is 11.8. The fourth-order valence-corrected chi connectivity index (χ4v) is 2.17. The van der Waals surface area contributed by atoms with E-state index in [1.807, 2.05) is 6.07 Å². The standard InChI is InChI=1S/C12H9ClO4/c13-10-7-3-1-2-4-8(7)17-11(14)9(10)12-15-5-6-16-12/h1-4,12H,5-6H2. The van der Waals surface area contributed by atoms with Crippen LogP contribution < -0.4 is 5.63 Å². The second kappa shape index (κ2) is 4.14. The first-order chi connectivity index (χ1) is 8.27. The van der Waals surface area contributed by atoms with E-state index < -0.39 is 11.9 Å². The van der Waals surface area contributed by atoms with Crippen LogP contribution >= 0.6 is 11.6 Å². The van der Waals surface area contributed by atoms with Gasteiger partial charge in [0.2, 0.25) is 0 Å². The van der Waals surface area contributed by atoms with Crippen LogP contribution in [-0.2, 0) is 9.47 Å². The third-order valence-corrected chi connectivity index (χ3v) is 3.05. The Hall–Kier alpha value is -1.36. The van der Waals surface area contributed by atoms with Gasteiger partial charge in [-0.25, -0.2) is 4.79 Å². The Morgan fingerprint density at radius 2 is 1.88 bits per heavy atom. The zero-order chi connectivity index (χ0) is 11.8. The summed E-state index contributed by atoms with van der Waals surface area (Å²) in [5, 5.41) is 1.02. The molecule has 0 aliphatic carbocycles. The summed E-state index contributed by atoms with van der Waals surface area (Å²) in [6, 6.07) is 7.10. The van der Waals surface area contributed by atoms with Gasteiger partial charge in [-0.1, -0.05) is 23.7 Å². The largest absolute Gasteiger partial charge is 0.422 e. The van der Waals surface area contributed by atoms with Gasteiger partial charge in [-0.3, -0.25) is 0 Å². The zero-order valence-corrected chi connectivity index (χ0v) is 9.57. The van der Waals surface area contributed by atoms with Crippen molar-refractivity contribution in [2.24, 2.45) is 0 Å². The fraction of sp³-hybridized carbons (Fsp3) is 0.250. The SMILES string of the molecule is O=c1oc2ccccc2c(Cl)c1C1OCCO1. The summed E-state index contributed by atoms with van der Waals surface area (Å²) >= 11 is 6.21. The predicted octanol–water partition coefficient (Wildman–Crippen LogP) is 2.49. The minimum absolute atomic E-state index is 0.239. The van der Waals surface area contributed by atoms with Gasteiger partial charge >= 0.3 is 5.63 Å². The molecule has 0 unspecified atom stereocenters. The predicted molar refractivity (Wildman–Crippen MR) is 62.1 cm³/mol. The van der Waals surface area contributed by atoms with Crippen LogP contribution in [0.2, 0.25) is 5.02 Å². The number of ether oxygens (including phenoxy) is 2. The number of benzene rings is 1. The lowest BCUT2D eigenvalue weighted by atomic mass is 10.2. The molecule has 1 aromatic carbocycles. The minimum Gasteiger partial charge on any atom is -0.422 e. The fourth-order valence-electron chi connectivity index (χ4n) is 1.85. The van der Waals surface area contributed by atoms with Crippen molar-refractivity contribution >= 4 is 22.6 Å². The summed E-state index contributed by atoms with van der Waals surface area (Å²) in [5.41, 5.74) is 0.188. The van der Waals surface area contributed by atoms with Gasteiger partial charge in [0.05, 0.1) is 18.2 Å². The molecule has 0 N–H and O–H groups in total. The van der Waals surface area contributed by atoms with Crippen molar-refractivity contribution in [1.29, 1.82) is 0 Å². The molecule has 0 amide bonds. The molecule has 3 rings (SSSR count).